The van der Waals surface area contributed by atoms with Gasteiger partial charge in [0.25, 0.3) is 0 Å². The maximum absolute atomic E-state index is 15.1. The Kier molecular flexibility index (Phi) is 13.4. The van der Waals surface area contributed by atoms with Crippen LogP contribution in [0.4, 0.5) is 40.3 Å². The van der Waals surface area contributed by atoms with Crippen molar-refractivity contribution < 1.29 is 43.4 Å². The fourth-order valence-electron chi connectivity index (χ4n) is 10.2. The average Bonchev–Trinajstić information content (AvgIpc) is 3.91. The summed E-state index contributed by atoms with van der Waals surface area (Å²) in [6, 6.07) is 54.0. The number of aromatic nitrogens is 2. The van der Waals surface area contributed by atoms with Crippen molar-refractivity contribution >= 4 is 44.6 Å². The van der Waals surface area contributed by atoms with E-state index in [2.05, 4.69) is 120 Å². The molecule has 0 unspecified atom stereocenters. The van der Waals surface area contributed by atoms with Crippen molar-refractivity contribution in [2.75, 3.05) is 9.80 Å². The third kappa shape index (κ3) is 9.28. The molecule has 1 aliphatic rings. The Bertz CT molecular complexity index is 3650. The summed E-state index contributed by atoms with van der Waals surface area (Å²) >= 11 is 0. The van der Waals surface area contributed by atoms with Crippen molar-refractivity contribution in [3.05, 3.63) is 223 Å². The zero-order valence-corrected chi connectivity index (χ0v) is 44.1. The molecule has 0 saturated heterocycles. The average molecular weight is 1160 g/mol. The topological polar surface area (TPSA) is 33.5 Å². The van der Waals surface area contributed by atoms with E-state index in [4.69, 9.17) is 9.72 Å². The van der Waals surface area contributed by atoms with Crippen LogP contribution in [0.1, 0.15) is 77.0 Å². The summed E-state index contributed by atoms with van der Waals surface area (Å²) in [7, 11) is 0. The number of pyridine rings is 1. The molecule has 74 heavy (non-hydrogen) atoms. The Hall–Kier alpha value is -7.48. The van der Waals surface area contributed by atoms with Crippen LogP contribution in [0.2, 0.25) is 0 Å². The first-order chi connectivity index (χ1) is 35.1. The molecule has 0 atom stereocenters. The second-order valence-corrected chi connectivity index (χ2v) is 20.3. The predicted octanol–water partition coefficient (Wildman–Crippen LogP) is 18.1. The summed E-state index contributed by atoms with van der Waals surface area (Å²) in [6.07, 6.45) is 1.86. The summed E-state index contributed by atoms with van der Waals surface area (Å²) in [5.41, 5.74) is 11.1. The fourth-order valence-corrected chi connectivity index (χ4v) is 10.2. The number of rotatable bonds is 10. The molecule has 0 saturated carbocycles. The van der Waals surface area contributed by atoms with Crippen LogP contribution in [-0.2, 0) is 26.5 Å². The second kappa shape index (κ2) is 19.7. The van der Waals surface area contributed by atoms with E-state index in [9.17, 15) is 0 Å². The normalized spacial score (nSPS) is 12.6. The molecule has 3 heterocycles. The van der Waals surface area contributed by atoms with Crippen LogP contribution in [0.15, 0.2) is 164 Å². The molecule has 8 aromatic carbocycles. The maximum Gasteiger partial charge on any atom is 0.135 e. The van der Waals surface area contributed by atoms with Crippen molar-refractivity contribution in [2.24, 2.45) is 0 Å². The van der Waals surface area contributed by atoms with Gasteiger partial charge in [0.05, 0.1) is 0 Å². The Morgan fingerprint density at radius 2 is 1.14 bits per heavy atom. The first kappa shape index (κ1) is 50.1. The molecule has 0 fully saturated rings. The SMILES string of the molecule is CC(C)c1cccc(C(C)C)c1-c1cc(Oc2[c-]c3c(cc2)c2ccccc2n3-c2cc(C(C)(C)C)ccn2)[c-]c(N2[CH-]N(c3c(-c4cc(F)cc(F)c4)cccc3-c3cc(F)cc(F)c3)c3ccccc32)c1.[Pt]. The molecule has 0 amide bonds. The summed E-state index contributed by atoms with van der Waals surface area (Å²) in [5, 5.41) is 2.06. The third-order valence-corrected chi connectivity index (χ3v) is 13.6. The molecule has 11 rings (SSSR count). The van der Waals surface area contributed by atoms with Gasteiger partial charge in [-0.05, 0) is 111 Å². The molecular weight excluding hydrogens is 1110 g/mol. The van der Waals surface area contributed by atoms with E-state index in [0.717, 1.165) is 62.1 Å². The van der Waals surface area contributed by atoms with Gasteiger partial charge in [-0.15, -0.1) is 53.6 Å². The van der Waals surface area contributed by atoms with Gasteiger partial charge in [0.2, 0.25) is 0 Å². The Balaban J connectivity index is 0.00000626. The van der Waals surface area contributed by atoms with Crippen LogP contribution in [-0.4, -0.2) is 9.55 Å². The van der Waals surface area contributed by atoms with E-state index in [1.807, 2.05) is 71.2 Å². The first-order valence-corrected chi connectivity index (χ1v) is 24.5. The summed E-state index contributed by atoms with van der Waals surface area (Å²) < 4.78 is 69.5. The second-order valence-electron chi connectivity index (χ2n) is 20.3. The molecule has 1 aliphatic heterocycles. The largest absolute Gasteiger partial charge is 0.509 e. The molecule has 0 spiro atoms. The maximum atomic E-state index is 15.1. The molecule has 10 heteroatoms. The molecule has 2 aromatic heterocycles. The van der Waals surface area contributed by atoms with E-state index < -0.39 is 23.3 Å². The summed E-state index contributed by atoms with van der Waals surface area (Å²) in [6.45, 7) is 17.2. The quantitative estimate of drug-likeness (QED) is 0.101. The standard InChI is InChI=1S/C64H51F4N4O.Pt/c1-38(2)51-15-12-16-52(39(3)4)62(51)42-30-48(35-50(31-42)73-49-22-23-56-55-14-8-9-19-57(55)72(60(56)36-49)61-32-43(24-25-69-61)64(5,6)7)70-37-71(59-21-11-10-20-58(59)70)63-53(40-26-44(65)33-45(66)27-40)17-13-18-54(63)41-28-46(67)34-47(68)29-41;/h8-34,37-39H,1-7H3;/q-3;. The van der Waals surface area contributed by atoms with E-state index in [1.165, 1.54) is 35.4 Å². The third-order valence-electron chi connectivity index (χ3n) is 13.6. The van der Waals surface area contributed by atoms with Crippen LogP contribution in [0.3, 0.4) is 0 Å². The van der Waals surface area contributed by atoms with Crippen molar-refractivity contribution in [1.82, 2.24) is 9.55 Å². The van der Waals surface area contributed by atoms with Gasteiger partial charge in [-0.3, -0.25) is 0 Å². The van der Waals surface area contributed by atoms with Gasteiger partial charge in [-0.25, -0.2) is 22.5 Å². The zero-order chi connectivity index (χ0) is 50.9. The van der Waals surface area contributed by atoms with Crippen LogP contribution in [0, 0.1) is 42.1 Å². The summed E-state index contributed by atoms with van der Waals surface area (Å²) in [5.74, 6) is -1.01. The number of nitrogens with zero attached hydrogens (tertiary/aromatic N) is 4. The van der Waals surface area contributed by atoms with Gasteiger partial charge in [0, 0.05) is 84.6 Å². The number of benzene rings is 8. The van der Waals surface area contributed by atoms with E-state index in [1.54, 1.807) is 18.2 Å². The Morgan fingerprint density at radius 1 is 0.554 bits per heavy atom. The van der Waals surface area contributed by atoms with Gasteiger partial charge < -0.3 is 19.1 Å². The minimum absolute atomic E-state index is 0. The minimum Gasteiger partial charge on any atom is -0.509 e. The summed E-state index contributed by atoms with van der Waals surface area (Å²) in [4.78, 5) is 8.77. The molecule has 0 N–H and O–H groups in total. The van der Waals surface area contributed by atoms with Crippen molar-refractivity contribution in [3.8, 4) is 50.7 Å². The number of ether oxygens (including phenoxy) is 1. The number of hydrogen-bond donors (Lipinski definition) is 0. The minimum atomic E-state index is -0.763. The molecular formula is C64H51F4N4OPt-3. The number of anilines is 4. The fraction of sp³-hybridized carbons (Fsp3) is 0.156. The number of halogens is 4. The Morgan fingerprint density at radius 3 is 1.74 bits per heavy atom. The number of fused-ring (bicyclic) bond motifs is 4. The van der Waals surface area contributed by atoms with Crippen LogP contribution >= 0.6 is 0 Å². The zero-order valence-electron chi connectivity index (χ0n) is 41.8. The van der Waals surface area contributed by atoms with Crippen LogP contribution in [0.5, 0.6) is 11.5 Å². The Labute approximate surface area is 444 Å². The molecule has 0 radical (unpaired) electrons. The van der Waals surface area contributed by atoms with Crippen LogP contribution < -0.4 is 14.5 Å². The predicted molar refractivity (Wildman–Crippen MR) is 287 cm³/mol. The molecule has 374 valence electrons. The molecule has 0 bridgehead atoms. The van der Waals surface area contributed by atoms with Gasteiger partial charge in [0.15, 0.2) is 0 Å². The number of para-hydroxylation sites is 4. The van der Waals surface area contributed by atoms with E-state index in [0.29, 0.717) is 39.7 Å². The monoisotopic (exact) mass is 1160 g/mol. The van der Waals surface area contributed by atoms with E-state index in [-0.39, 0.29) is 49.4 Å². The molecule has 10 aromatic rings. The smallest absolute Gasteiger partial charge is 0.135 e. The van der Waals surface area contributed by atoms with Gasteiger partial charge in [0.1, 0.15) is 29.1 Å². The molecule has 0 aliphatic carbocycles. The van der Waals surface area contributed by atoms with Gasteiger partial charge in [-0.2, -0.15) is 6.07 Å². The van der Waals surface area contributed by atoms with Crippen LogP contribution in [0.25, 0.3) is 61.0 Å². The van der Waals surface area contributed by atoms with Crippen molar-refractivity contribution in [2.45, 2.75) is 65.7 Å². The van der Waals surface area contributed by atoms with Crippen molar-refractivity contribution in [1.29, 1.82) is 0 Å². The first-order valence-electron chi connectivity index (χ1n) is 24.5. The van der Waals surface area contributed by atoms with Gasteiger partial charge in [-0.1, -0.05) is 121 Å². The van der Waals surface area contributed by atoms with Crippen molar-refractivity contribution in [3.63, 3.8) is 0 Å². The number of hydrogen-bond acceptors (Lipinski definition) is 4. The van der Waals surface area contributed by atoms with Gasteiger partial charge >= 0.3 is 0 Å². The molecule has 5 nitrogen and oxygen atoms in total. The van der Waals surface area contributed by atoms with E-state index >= 15 is 17.6 Å².